The predicted octanol–water partition coefficient (Wildman–Crippen LogP) is 4.72. The van der Waals surface area contributed by atoms with Crippen molar-refractivity contribution in [3.8, 4) is 11.5 Å². The molecule has 1 aromatic carbocycles. The van der Waals surface area contributed by atoms with E-state index in [0.29, 0.717) is 22.2 Å². The highest BCUT2D eigenvalue weighted by atomic mass is 79.9. The molecule has 0 N–H and O–H groups in total. The summed E-state index contributed by atoms with van der Waals surface area (Å²) in [6, 6.07) is 6.73. The molecule has 0 fully saturated rings. The van der Waals surface area contributed by atoms with E-state index in [2.05, 4.69) is 26.1 Å². The van der Waals surface area contributed by atoms with Gasteiger partial charge in [-0.2, -0.15) is 0 Å². The summed E-state index contributed by atoms with van der Waals surface area (Å²) >= 11 is 9.28. The molecule has 0 aliphatic rings. The molecular formula is C16H12BrClN2O4. The number of benzene rings is 1. The van der Waals surface area contributed by atoms with Crippen LogP contribution in [0.3, 0.4) is 0 Å². The van der Waals surface area contributed by atoms with Crippen molar-refractivity contribution in [1.29, 1.82) is 0 Å². The van der Waals surface area contributed by atoms with Gasteiger partial charge in [0.2, 0.25) is 0 Å². The molecule has 124 valence electrons. The monoisotopic (exact) mass is 410 g/mol. The Labute approximate surface area is 150 Å². The minimum absolute atomic E-state index is 0.148. The summed E-state index contributed by atoms with van der Waals surface area (Å²) < 4.78 is 16.8. The molecule has 0 aliphatic heterocycles. The van der Waals surface area contributed by atoms with E-state index < -0.39 is 5.97 Å². The van der Waals surface area contributed by atoms with E-state index in [-0.39, 0.29) is 18.1 Å². The molecule has 3 rings (SSSR count). The molecule has 8 heteroatoms. The summed E-state index contributed by atoms with van der Waals surface area (Å²) in [6.45, 7) is 3.49. The molecule has 0 spiro atoms. The molecule has 6 nitrogen and oxygen atoms in total. The number of rotatable bonds is 4. The first-order valence-corrected chi connectivity index (χ1v) is 8.13. The number of furan rings is 1. The first-order chi connectivity index (χ1) is 11.4. The van der Waals surface area contributed by atoms with Gasteiger partial charge in [-0.05, 0) is 38.1 Å². The zero-order valence-electron chi connectivity index (χ0n) is 12.8. The van der Waals surface area contributed by atoms with Crippen LogP contribution in [0.1, 0.15) is 27.8 Å². The molecule has 0 amide bonds. The fourth-order valence-electron chi connectivity index (χ4n) is 2.12. The number of hydrogen-bond acceptors (Lipinski definition) is 6. The Kier molecular flexibility index (Phi) is 4.73. The fraction of sp³-hybridized carbons (Fsp3) is 0.188. The van der Waals surface area contributed by atoms with Crippen molar-refractivity contribution in [2.75, 3.05) is 0 Å². The van der Waals surface area contributed by atoms with Gasteiger partial charge < -0.3 is 13.6 Å². The van der Waals surface area contributed by atoms with E-state index in [1.807, 2.05) is 13.8 Å². The number of aromatic nitrogens is 2. The number of halogens is 2. The summed E-state index contributed by atoms with van der Waals surface area (Å²) in [5.74, 6) is 1.36. The van der Waals surface area contributed by atoms with E-state index >= 15 is 0 Å². The first kappa shape index (κ1) is 16.7. The van der Waals surface area contributed by atoms with Crippen LogP contribution in [0.5, 0.6) is 0 Å². The lowest BCUT2D eigenvalue weighted by atomic mass is 10.2. The Morgan fingerprint density at radius 1 is 1.25 bits per heavy atom. The second-order valence-corrected chi connectivity index (χ2v) is 6.35. The quantitative estimate of drug-likeness (QED) is 0.578. The molecule has 0 saturated carbocycles. The summed E-state index contributed by atoms with van der Waals surface area (Å²) in [5, 5.41) is 8.12. The highest BCUT2D eigenvalue weighted by Crippen LogP contribution is 2.26. The molecule has 0 unspecified atom stereocenters. The summed E-state index contributed by atoms with van der Waals surface area (Å²) in [6.07, 6.45) is 0. The SMILES string of the molecule is Cc1cc(-c2nnc(COC(=O)c3cc(Br)ccc3Cl)o2)c(C)o1. The van der Waals surface area contributed by atoms with Crippen LogP contribution in [-0.4, -0.2) is 16.2 Å². The first-order valence-electron chi connectivity index (χ1n) is 6.96. The summed E-state index contributed by atoms with van der Waals surface area (Å²) in [4.78, 5) is 12.1. The van der Waals surface area contributed by atoms with Gasteiger partial charge in [-0.15, -0.1) is 10.2 Å². The van der Waals surface area contributed by atoms with Crippen LogP contribution in [-0.2, 0) is 11.3 Å². The number of carbonyl (C=O) groups excluding carboxylic acids is 1. The van der Waals surface area contributed by atoms with Crippen LogP contribution in [0, 0.1) is 13.8 Å². The molecule has 0 atom stereocenters. The Morgan fingerprint density at radius 3 is 2.75 bits per heavy atom. The third-order valence-corrected chi connectivity index (χ3v) is 4.04. The van der Waals surface area contributed by atoms with Gasteiger partial charge in [-0.3, -0.25) is 0 Å². The molecule has 24 heavy (non-hydrogen) atoms. The lowest BCUT2D eigenvalue weighted by Crippen LogP contribution is -2.06. The number of hydrogen-bond donors (Lipinski definition) is 0. The third kappa shape index (κ3) is 3.52. The minimum atomic E-state index is -0.573. The fourth-order valence-corrected chi connectivity index (χ4v) is 2.68. The number of aryl methyl sites for hydroxylation is 2. The third-order valence-electron chi connectivity index (χ3n) is 3.21. The molecular weight excluding hydrogens is 400 g/mol. The Balaban J connectivity index is 1.70. The topological polar surface area (TPSA) is 78.4 Å². The van der Waals surface area contributed by atoms with Crippen LogP contribution >= 0.6 is 27.5 Å². The average molecular weight is 412 g/mol. The van der Waals surface area contributed by atoms with E-state index in [0.717, 1.165) is 10.2 Å². The van der Waals surface area contributed by atoms with Crippen LogP contribution < -0.4 is 0 Å². The normalized spacial score (nSPS) is 10.8. The van der Waals surface area contributed by atoms with Crippen molar-refractivity contribution in [2.45, 2.75) is 20.5 Å². The lowest BCUT2D eigenvalue weighted by Gasteiger charge is -2.04. The average Bonchev–Trinajstić information content (AvgIpc) is 3.13. The second kappa shape index (κ2) is 6.78. The predicted molar refractivity (Wildman–Crippen MR) is 89.7 cm³/mol. The number of esters is 1. The maximum absolute atomic E-state index is 12.1. The zero-order valence-corrected chi connectivity index (χ0v) is 15.1. The summed E-state index contributed by atoms with van der Waals surface area (Å²) in [5.41, 5.74) is 0.972. The van der Waals surface area contributed by atoms with Gasteiger partial charge in [-0.25, -0.2) is 4.79 Å². The molecule has 0 aliphatic carbocycles. The molecule has 3 aromatic rings. The van der Waals surface area contributed by atoms with Gasteiger partial charge in [0.25, 0.3) is 11.8 Å². The maximum atomic E-state index is 12.1. The second-order valence-electron chi connectivity index (χ2n) is 5.03. The van der Waals surface area contributed by atoms with Crippen LogP contribution in [0.15, 0.2) is 37.6 Å². The van der Waals surface area contributed by atoms with Crippen LogP contribution in [0.4, 0.5) is 0 Å². The van der Waals surface area contributed by atoms with Crippen molar-refractivity contribution >= 4 is 33.5 Å². The largest absolute Gasteiger partial charge is 0.466 e. The Morgan fingerprint density at radius 2 is 2.04 bits per heavy atom. The number of nitrogens with zero attached hydrogens (tertiary/aromatic N) is 2. The lowest BCUT2D eigenvalue weighted by molar-refractivity contribution is 0.0439. The minimum Gasteiger partial charge on any atom is -0.466 e. The highest BCUT2D eigenvalue weighted by molar-refractivity contribution is 9.10. The van der Waals surface area contributed by atoms with Crippen molar-refractivity contribution in [2.24, 2.45) is 0 Å². The van der Waals surface area contributed by atoms with Gasteiger partial charge in [0.1, 0.15) is 11.5 Å². The van der Waals surface area contributed by atoms with Crippen LogP contribution in [0.2, 0.25) is 5.02 Å². The van der Waals surface area contributed by atoms with Crippen molar-refractivity contribution in [3.63, 3.8) is 0 Å². The standard InChI is InChI=1S/C16H12BrClN2O4/c1-8-5-11(9(2)23-8)15-20-19-14(24-15)7-22-16(21)12-6-10(17)3-4-13(12)18/h3-6H,7H2,1-2H3. The van der Waals surface area contributed by atoms with Crippen molar-refractivity contribution in [1.82, 2.24) is 10.2 Å². The molecule has 0 radical (unpaired) electrons. The van der Waals surface area contributed by atoms with Gasteiger partial charge >= 0.3 is 5.97 Å². The maximum Gasteiger partial charge on any atom is 0.340 e. The molecule has 2 aromatic heterocycles. The smallest absolute Gasteiger partial charge is 0.340 e. The van der Waals surface area contributed by atoms with Gasteiger partial charge in [0.15, 0.2) is 6.61 Å². The van der Waals surface area contributed by atoms with E-state index in [9.17, 15) is 4.79 Å². The summed E-state index contributed by atoms with van der Waals surface area (Å²) in [7, 11) is 0. The van der Waals surface area contributed by atoms with Crippen molar-refractivity contribution in [3.05, 3.63) is 56.7 Å². The van der Waals surface area contributed by atoms with E-state index in [4.69, 9.17) is 25.2 Å². The highest BCUT2D eigenvalue weighted by Gasteiger charge is 2.17. The Bertz CT molecular complexity index is 903. The Hall–Kier alpha value is -2.12. The van der Waals surface area contributed by atoms with E-state index in [1.165, 1.54) is 0 Å². The zero-order chi connectivity index (χ0) is 17.3. The number of ether oxygens (including phenoxy) is 1. The van der Waals surface area contributed by atoms with Gasteiger partial charge in [-0.1, -0.05) is 27.5 Å². The van der Waals surface area contributed by atoms with E-state index in [1.54, 1.807) is 24.3 Å². The molecule has 2 heterocycles. The van der Waals surface area contributed by atoms with Gasteiger partial charge in [0.05, 0.1) is 16.1 Å². The van der Waals surface area contributed by atoms with Gasteiger partial charge in [0, 0.05) is 4.47 Å². The van der Waals surface area contributed by atoms with Crippen LogP contribution in [0.25, 0.3) is 11.5 Å². The van der Waals surface area contributed by atoms with Crippen molar-refractivity contribution < 1.29 is 18.4 Å². The molecule has 0 saturated heterocycles. The number of carbonyl (C=O) groups is 1. The molecule has 0 bridgehead atoms.